The van der Waals surface area contributed by atoms with Gasteiger partial charge in [-0.2, -0.15) is 0 Å². The third kappa shape index (κ3) is 3.45. The average molecular weight is 252 g/mol. The van der Waals surface area contributed by atoms with Crippen LogP contribution in [-0.4, -0.2) is 28.8 Å². The molecule has 1 aliphatic carbocycles. The molecule has 0 aliphatic heterocycles. The molecule has 1 unspecified atom stereocenters. The Balaban J connectivity index is 1.92. The van der Waals surface area contributed by atoms with Crippen molar-refractivity contribution in [1.82, 2.24) is 15.5 Å². The fourth-order valence-corrected chi connectivity index (χ4v) is 1.87. The minimum atomic E-state index is 0.0574. The Bertz CT molecular complexity index is 392. The lowest BCUT2D eigenvalue weighted by Crippen LogP contribution is -2.35. The van der Waals surface area contributed by atoms with Gasteiger partial charge >= 0.3 is 6.01 Å². The Hall–Kier alpha value is -1.10. The summed E-state index contributed by atoms with van der Waals surface area (Å²) in [5.41, 5.74) is 0.0574. The van der Waals surface area contributed by atoms with E-state index < -0.39 is 0 Å². The summed E-state index contributed by atoms with van der Waals surface area (Å²) in [4.78, 5) is 2.09. The Kier molecular flexibility index (Phi) is 3.61. The zero-order valence-corrected chi connectivity index (χ0v) is 12.0. The maximum atomic E-state index is 5.68. The lowest BCUT2D eigenvalue weighted by atomic mass is 10.1. The van der Waals surface area contributed by atoms with Crippen molar-refractivity contribution < 1.29 is 4.42 Å². The van der Waals surface area contributed by atoms with Gasteiger partial charge in [-0.25, -0.2) is 0 Å². The lowest BCUT2D eigenvalue weighted by Gasteiger charge is -2.22. The molecule has 0 aromatic carbocycles. The van der Waals surface area contributed by atoms with Crippen molar-refractivity contribution in [2.24, 2.45) is 5.92 Å². The molecular formula is C13H24N4O. The topological polar surface area (TPSA) is 54.2 Å². The highest BCUT2D eigenvalue weighted by molar-refractivity contribution is 5.25. The van der Waals surface area contributed by atoms with Crippen LogP contribution in [0.2, 0.25) is 0 Å². The van der Waals surface area contributed by atoms with Gasteiger partial charge in [-0.3, -0.25) is 0 Å². The van der Waals surface area contributed by atoms with Crippen LogP contribution < -0.4 is 10.2 Å². The fourth-order valence-electron chi connectivity index (χ4n) is 1.87. The number of rotatable bonds is 5. The molecule has 1 aromatic heterocycles. The Morgan fingerprint density at radius 2 is 2.06 bits per heavy atom. The maximum absolute atomic E-state index is 5.68. The van der Waals surface area contributed by atoms with Crippen molar-refractivity contribution in [3.8, 4) is 0 Å². The predicted molar refractivity (Wildman–Crippen MR) is 71.5 cm³/mol. The van der Waals surface area contributed by atoms with Crippen LogP contribution in [0.4, 0.5) is 6.01 Å². The van der Waals surface area contributed by atoms with E-state index in [0.717, 1.165) is 5.92 Å². The van der Waals surface area contributed by atoms with Crippen LogP contribution in [0.1, 0.15) is 46.4 Å². The third-order valence-corrected chi connectivity index (χ3v) is 3.44. The highest BCUT2D eigenvalue weighted by atomic mass is 16.4. The third-order valence-electron chi connectivity index (χ3n) is 3.44. The molecule has 1 atom stereocenters. The molecular weight excluding hydrogens is 228 g/mol. The van der Waals surface area contributed by atoms with Gasteiger partial charge in [0, 0.05) is 18.6 Å². The summed E-state index contributed by atoms with van der Waals surface area (Å²) in [6, 6.07) is 1.11. The molecule has 2 rings (SSSR count). The van der Waals surface area contributed by atoms with Crippen molar-refractivity contribution in [3.63, 3.8) is 0 Å². The zero-order valence-electron chi connectivity index (χ0n) is 12.0. The van der Waals surface area contributed by atoms with Crippen LogP contribution >= 0.6 is 0 Å². The second-order valence-corrected chi connectivity index (χ2v) is 6.27. The van der Waals surface area contributed by atoms with Gasteiger partial charge in [0.25, 0.3) is 0 Å². The van der Waals surface area contributed by atoms with E-state index in [1.54, 1.807) is 0 Å². The minimum absolute atomic E-state index is 0.0574. The maximum Gasteiger partial charge on any atom is 0.318 e. The highest BCUT2D eigenvalue weighted by Gasteiger charge is 2.32. The fraction of sp³-hybridized carbons (Fsp3) is 0.846. The molecule has 18 heavy (non-hydrogen) atoms. The van der Waals surface area contributed by atoms with Gasteiger partial charge in [-0.1, -0.05) is 5.10 Å². The van der Waals surface area contributed by atoms with Crippen molar-refractivity contribution in [1.29, 1.82) is 0 Å². The first-order chi connectivity index (χ1) is 8.37. The average Bonchev–Trinajstić information content (AvgIpc) is 3.02. The number of anilines is 1. The second-order valence-electron chi connectivity index (χ2n) is 6.27. The molecule has 1 fully saturated rings. The molecule has 1 heterocycles. The Morgan fingerprint density at radius 1 is 1.39 bits per heavy atom. The minimum Gasteiger partial charge on any atom is -0.407 e. The van der Waals surface area contributed by atoms with E-state index in [1.807, 2.05) is 7.05 Å². The molecule has 0 saturated heterocycles. The zero-order chi connectivity index (χ0) is 13.3. The normalized spacial score (nSPS) is 17.8. The summed E-state index contributed by atoms with van der Waals surface area (Å²) >= 11 is 0. The predicted octanol–water partition coefficient (Wildman–Crippen LogP) is 2.19. The van der Waals surface area contributed by atoms with Crippen LogP contribution in [0.15, 0.2) is 4.42 Å². The van der Waals surface area contributed by atoms with E-state index in [2.05, 4.69) is 48.1 Å². The molecule has 0 radical (unpaired) electrons. The van der Waals surface area contributed by atoms with Crippen LogP contribution in [0.5, 0.6) is 0 Å². The molecule has 5 nitrogen and oxygen atoms in total. The van der Waals surface area contributed by atoms with Gasteiger partial charge in [-0.05, 0) is 46.5 Å². The van der Waals surface area contributed by atoms with Crippen LogP contribution in [-0.2, 0) is 6.54 Å². The van der Waals surface area contributed by atoms with Crippen molar-refractivity contribution >= 4 is 6.01 Å². The van der Waals surface area contributed by atoms with Gasteiger partial charge in [-0.15, -0.1) is 5.10 Å². The molecule has 102 valence electrons. The van der Waals surface area contributed by atoms with E-state index >= 15 is 0 Å². The van der Waals surface area contributed by atoms with Gasteiger partial charge < -0.3 is 14.6 Å². The van der Waals surface area contributed by atoms with Crippen molar-refractivity contribution in [2.75, 3.05) is 11.9 Å². The first-order valence-corrected chi connectivity index (χ1v) is 6.67. The molecule has 1 saturated carbocycles. The first kappa shape index (κ1) is 13.3. The standard InChI is InChI=1S/C13H24N4O/c1-9(10-6-7-10)17(5)12-16-15-11(18-12)8-14-13(2,3)4/h9-10,14H,6-8H2,1-5H3. The summed E-state index contributed by atoms with van der Waals surface area (Å²) < 4.78 is 5.68. The van der Waals surface area contributed by atoms with Crippen molar-refractivity contribution in [3.05, 3.63) is 5.89 Å². The van der Waals surface area contributed by atoms with E-state index in [9.17, 15) is 0 Å². The summed E-state index contributed by atoms with van der Waals surface area (Å²) in [6.07, 6.45) is 2.64. The quantitative estimate of drug-likeness (QED) is 0.870. The molecule has 1 aliphatic rings. The summed E-state index contributed by atoms with van der Waals surface area (Å²) in [6.45, 7) is 9.18. The number of hydrogen-bond acceptors (Lipinski definition) is 5. The van der Waals surface area contributed by atoms with E-state index in [4.69, 9.17) is 4.42 Å². The van der Waals surface area contributed by atoms with E-state index in [0.29, 0.717) is 24.5 Å². The summed E-state index contributed by atoms with van der Waals surface area (Å²) in [5.74, 6) is 1.44. The Morgan fingerprint density at radius 3 is 2.61 bits per heavy atom. The van der Waals surface area contributed by atoms with Gasteiger partial charge in [0.2, 0.25) is 5.89 Å². The molecule has 0 bridgehead atoms. The second kappa shape index (κ2) is 4.88. The van der Waals surface area contributed by atoms with Gasteiger partial charge in [0.1, 0.15) is 0 Å². The van der Waals surface area contributed by atoms with Gasteiger partial charge in [0.15, 0.2) is 0 Å². The van der Waals surface area contributed by atoms with E-state index in [-0.39, 0.29) is 5.54 Å². The molecule has 1 aromatic rings. The van der Waals surface area contributed by atoms with Crippen molar-refractivity contribution in [2.45, 2.75) is 58.7 Å². The highest BCUT2D eigenvalue weighted by Crippen LogP contribution is 2.35. The van der Waals surface area contributed by atoms with Gasteiger partial charge in [0.05, 0.1) is 6.54 Å². The first-order valence-electron chi connectivity index (χ1n) is 6.67. The van der Waals surface area contributed by atoms with Crippen LogP contribution in [0.25, 0.3) is 0 Å². The number of hydrogen-bond donors (Lipinski definition) is 1. The lowest BCUT2D eigenvalue weighted by molar-refractivity contribution is 0.379. The van der Waals surface area contributed by atoms with E-state index in [1.165, 1.54) is 12.8 Å². The molecule has 0 spiro atoms. The molecule has 1 N–H and O–H groups in total. The summed E-state index contributed by atoms with van der Waals surface area (Å²) in [7, 11) is 2.03. The molecule has 0 amide bonds. The van der Waals surface area contributed by atoms with Crippen LogP contribution in [0, 0.1) is 5.92 Å². The summed E-state index contributed by atoms with van der Waals surface area (Å²) in [5, 5.41) is 11.5. The smallest absolute Gasteiger partial charge is 0.318 e. The number of nitrogens with zero attached hydrogens (tertiary/aromatic N) is 3. The SMILES string of the molecule is CC(C1CC1)N(C)c1nnc(CNC(C)(C)C)o1. The number of nitrogens with one attached hydrogen (secondary N) is 1. The largest absolute Gasteiger partial charge is 0.407 e. The monoisotopic (exact) mass is 252 g/mol. The number of aromatic nitrogens is 2. The molecule has 5 heteroatoms. The van der Waals surface area contributed by atoms with Crippen LogP contribution in [0.3, 0.4) is 0 Å². The Labute approximate surface area is 109 Å².